The number of nitrogens with one attached hydrogen (secondary N) is 1. The third-order valence-corrected chi connectivity index (χ3v) is 6.49. The summed E-state index contributed by atoms with van der Waals surface area (Å²) in [5.74, 6) is -0.849. The van der Waals surface area contributed by atoms with Gasteiger partial charge in [0.05, 0.1) is 55.0 Å². The van der Waals surface area contributed by atoms with E-state index in [0.29, 0.717) is 42.2 Å². The van der Waals surface area contributed by atoms with E-state index in [1.807, 2.05) is 11.0 Å². The highest BCUT2D eigenvalue weighted by Crippen LogP contribution is 2.35. The molecule has 4 aromatic rings. The second-order valence-electron chi connectivity index (χ2n) is 8.92. The number of anilines is 2. The number of hydrogen-bond acceptors (Lipinski definition) is 9. The van der Waals surface area contributed by atoms with Crippen molar-refractivity contribution in [3.63, 3.8) is 0 Å². The number of morpholine rings is 1. The van der Waals surface area contributed by atoms with Gasteiger partial charge in [0.15, 0.2) is 5.82 Å². The monoisotopic (exact) mass is 540 g/mol. The summed E-state index contributed by atoms with van der Waals surface area (Å²) in [6.45, 7) is 1.15. The third kappa shape index (κ3) is 5.44. The number of aromatic nitrogens is 3. The van der Waals surface area contributed by atoms with Crippen LogP contribution in [0.4, 0.5) is 15.8 Å². The zero-order valence-corrected chi connectivity index (χ0v) is 21.5. The van der Waals surface area contributed by atoms with Gasteiger partial charge in [0.1, 0.15) is 17.3 Å². The number of nitrogens with zero attached hydrogens (tertiary/aromatic N) is 5. The number of aliphatic hydroxyl groups is 1. The highest BCUT2D eigenvalue weighted by Gasteiger charge is 2.24. The number of amides is 1. The van der Waals surface area contributed by atoms with Gasteiger partial charge in [0.2, 0.25) is 0 Å². The molecule has 1 atom stereocenters. The summed E-state index contributed by atoms with van der Waals surface area (Å²) in [5, 5.41) is 22.2. The van der Waals surface area contributed by atoms with Crippen LogP contribution in [0.5, 0.6) is 5.75 Å². The Hall–Kier alpha value is -4.92. The van der Waals surface area contributed by atoms with E-state index in [-0.39, 0.29) is 29.4 Å². The van der Waals surface area contributed by atoms with Crippen molar-refractivity contribution in [3.05, 3.63) is 84.2 Å². The second kappa shape index (κ2) is 11.9. The van der Waals surface area contributed by atoms with Crippen LogP contribution >= 0.6 is 0 Å². The molecular formula is C29H25FN6O4. The molecule has 0 saturated carbocycles. The highest BCUT2D eigenvalue weighted by molar-refractivity contribution is 6.05. The van der Waals surface area contributed by atoms with Crippen molar-refractivity contribution in [2.45, 2.75) is 6.10 Å². The van der Waals surface area contributed by atoms with E-state index in [4.69, 9.17) is 9.47 Å². The number of hydrogen-bond donors (Lipinski definition) is 2. The van der Waals surface area contributed by atoms with Gasteiger partial charge in [0.25, 0.3) is 5.91 Å². The van der Waals surface area contributed by atoms with Crippen molar-refractivity contribution in [1.29, 1.82) is 5.26 Å². The maximum atomic E-state index is 14.6. The minimum Gasteiger partial charge on any atom is -0.496 e. The molecule has 202 valence electrons. The van der Waals surface area contributed by atoms with Gasteiger partial charge < -0.3 is 24.8 Å². The largest absolute Gasteiger partial charge is 0.496 e. The molecule has 0 radical (unpaired) electrons. The SMILES string of the molecule is COc1cccc(F)c1-c1nccc(C(=O)Nc2ccc(-c3cnccc3C#N)cc2N2CCO[C@H](CO)C2)n1. The lowest BCUT2D eigenvalue weighted by atomic mass is 10.0. The molecule has 5 rings (SSSR count). The van der Waals surface area contributed by atoms with E-state index in [2.05, 4.69) is 26.3 Å². The summed E-state index contributed by atoms with van der Waals surface area (Å²) in [7, 11) is 1.41. The smallest absolute Gasteiger partial charge is 0.274 e. The van der Waals surface area contributed by atoms with Crippen LogP contribution < -0.4 is 15.0 Å². The number of halogens is 1. The number of rotatable bonds is 7. The van der Waals surface area contributed by atoms with Gasteiger partial charge in [-0.3, -0.25) is 9.78 Å². The number of aliphatic hydroxyl groups excluding tert-OH is 1. The standard InChI is InChI=1S/C29H25FN6O4/c1-39-26-4-2-3-22(30)27(26)28-33-10-8-24(34-28)29(38)35-23-6-5-18(21-15-32-9-7-19(21)14-31)13-25(23)36-11-12-40-20(16-36)17-37/h2-10,13,15,20,37H,11-12,16-17H2,1H3,(H,35,38)/t20-/m0/s1. The van der Waals surface area contributed by atoms with Crippen LogP contribution in [0.3, 0.4) is 0 Å². The van der Waals surface area contributed by atoms with E-state index in [1.54, 1.807) is 36.7 Å². The van der Waals surface area contributed by atoms with E-state index in [9.17, 15) is 19.6 Å². The number of carbonyl (C=O) groups is 1. The van der Waals surface area contributed by atoms with Crippen molar-refractivity contribution in [2.75, 3.05) is 43.6 Å². The maximum Gasteiger partial charge on any atom is 0.274 e. The van der Waals surface area contributed by atoms with Gasteiger partial charge in [-0.15, -0.1) is 0 Å². The van der Waals surface area contributed by atoms with Crippen LogP contribution in [0.2, 0.25) is 0 Å². The summed E-state index contributed by atoms with van der Waals surface area (Å²) in [4.78, 5) is 28.0. The van der Waals surface area contributed by atoms with Crippen LogP contribution in [0, 0.1) is 17.1 Å². The van der Waals surface area contributed by atoms with Crippen LogP contribution in [0.25, 0.3) is 22.5 Å². The summed E-state index contributed by atoms with van der Waals surface area (Å²) >= 11 is 0. The predicted octanol–water partition coefficient (Wildman–Crippen LogP) is 3.67. The van der Waals surface area contributed by atoms with E-state index in [0.717, 1.165) is 5.56 Å². The fourth-order valence-electron chi connectivity index (χ4n) is 4.52. The Morgan fingerprint density at radius 1 is 1.27 bits per heavy atom. The number of methoxy groups -OCH3 is 1. The maximum absolute atomic E-state index is 14.6. The van der Waals surface area contributed by atoms with Gasteiger partial charge in [-0.1, -0.05) is 12.1 Å². The quantitative estimate of drug-likeness (QED) is 0.360. The molecule has 1 aliphatic heterocycles. The molecule has 0 unspecified atom stereocenters. The summed E-state index contributed by atoms with van der Waals surface area (Å²) in [5.41, 5.74) is 3.09. The minimum atomic E-state index is -0.576. The van der Waals surface area contributed by atoms with Gasteiger partial charge in [-0.2, -0.15) is 5.26 Å². The Bertz CT molecular complexity index is 1590. The molecule has 11 heteroatoms. The number of pyridine rings is 1. The average molecular weight is 541 g/mol. The summed E-state index contributed by atoms with van der Waals surface area (Å²) in [6, 6.07) is 15.0. The lowest BCUT2D eigenvalue weighted by Crippen LogP contribution is -2.44. The normalized spacial score (nSPS) is 14.8. The van der Waals surface area contributed by atoms with Crippen LogP contribution in [0.1, 0.15) is 16.1 Å². The van der Waals surface area contributed by atoms with Crippen LogP contribution in [0.15, 0.2) is 67.1 Å². The molecule has 1 saturated heterocycles. The summed E-state index contributed by atoms with van der Waals surface area (Å²) < 4.78 is 25.5. The molecule has 2 aromatic carbocycles. The van der Waals surface area contributed by atoms with Gasteiger partial charge in [-0.25, -0.2) is 14.4 Å². The fourth-order valence-corrected chi connectivity index (χ4v) is 4.52. The first-order valence-electron chi connectivity index (χ1n) is 12.5. The van der Waals surface area contributed by atoms with Crippen molar-refractivity contribution in [2.24, 2.45) is 0 Å². The molecule has 0 bridgehead atoms. The lowest BCUT2D eigenvalue weighted by molar-refractivity contribution is 0.00360. The first-order valence-corrected chi connectivity index (χ1v) is 12.5. The van der Waals surface area contributed by atoms with Gasteiger partial charge in [-0.05, 0) is 42.0 Å². The Balaban J connectivity index is 1.51. The van der Waals surface area contributed by atoms with Crippen LogP contribution in [-0.4, -0.2) is 65.5 Å². The molecule has 0 spiro atoms. The van der Waals surface area contributed by atoms with E-state index in [1.165, 1.54) is 31.5 Å². The molecule has 10 nitrogen and oxygen atoms in total. The summed E-state index contributed by atoms with van der Waals surface area (Å²) in [6.07, 6.45) is 4.16. The Morgan fingerprint density at radius 3 is 2.95 bits per heavy atom. The minimum absolute atomic E-state index is 0.0118. The third-order valence-electron chi connectivity index (χ3n) is 6.49. The van der Waals surface area contributed by atoms with Gasteiger partial charge >= 0.3 is 0 Å². The zero-order valence-electron chi connectivity index (χ0n) is 21.5. The molecule has 1 amide bonds. The average Bonchev–Trinajstić information content (AvgIpc) is 3.01. The molecular weight excluding hydrogens is 515 g/mol. The number of ether oxygens (including phenoxy) is 2. The topological polar surface area (TPSA) is 133 Å². The molecule has 0 aliphatic carbocycles. The van der Waals surface area contributed by atoms with E-state index >= 15 is 0 Å². The van der Waals surface area contributed by atoms with Crippen molar-refractivity contribution in [1.82, 2.24) is 15.0 Å². The van der Waals surface area contributed by atoms with Crippen molar-refractivity contribution < 1.29 is 23.8 Å². The molecule has 1 aliphatic rings. The molecule has 3 heterocycles. The van der Waals surface area contributed by atoms with Crippen molar-refractivity contribution in [3.8, 4) is 34.3 Å². The Kier molecular flexibility index (Phi) is 7.91. The van der Waals surface area contributed by atoms with Gasteiger partial charge in [0, 0.05) is 37.2 Å². The number of carbonyl (C=O) groups excluding carboxylic acids is 1. The Labute approximate surface area is 229 Å². The molecule has 2 N–H and O–H groups in total. The van der Waals surface area contributed by atoms with E-state index < -0.39 is 17.8 Å². The number of nitriles is 1. The van der Waals surface area contributed by atoms with Crippen LogP contribution in [-0.2, 0) is 4.74 Å². The molecule has 2 aromatic heterocycles. The molecule has 40 heavy (non-hydrogen) atoms. The first-order chi connectivity index (χ1) is 19.5. The zero-order chi connectivity index (χ0) is 28.1. The number of benzene rings is 2. The predicted molar refractivity (Wildman–Crippen MR) is 145 cm³/mol. The highest BCUT2D eigenvalue weighted by atomic mass is 19.1. The second-order valence-corrected chi connectivity index (χ2v) is 8.92. The van der Waals surface area contributed by atoms with Crippen molar-refractivity contribution >= 4 is 17.3 Å². The lowest BCUT2D eigenvalue weighted by Gasteiger charge is -2.35. The Morgan fingerprint density at radius 2 is 2.15 bits per heavy atom. The first kappa shape index (κ1) is 26.7. The fraction of sp³-hybridized carbons (Fsp3) is 0.207. The molecule has 1 fully saturated rings.